The predicted octanol–water partition coefficient (Wildman–Crippen LogP) is 1.28. The van der Waals surface area contributed by atoms with Gasteiger partial charge in [0.1, 0.15) is 11.9 Å². The summed E-state index contributed by atoms with van der Waals surface area (Å²) in [5, 5.41) is 17.2. The van der Waals surface area contributed by atoms with Crippen LogP contribution in [0, 0.1) is 17.1 Å². The Morgan fingerprint density at radius 3 is 2.87 bits per heavy atom. The summed E-state index contributed by atoms with van der Waals surface area (Å²) in [5.41, 5.74) is 0.863. The van der Waals surface area contributed by atoms with E-state index in [1.165, 1.54) is 6.07 Å². The van der Waals surface area contributed by atoms with E-state index in [9.17, 15) is 9.65 Å². The van der Waals surface area contributed by atoms with Gasteiger partial charge in [0.25, 0.3) is 0 Å². The van der Waals surface area contributed by atoms with E-state index >= 15 is 0 Å². The van der Waals surface area contributed by atoms with Crippen molar-refractivity contribution in [2.24, 2.45) is 0 Å². The van der Waals surface area contributed by atoms with Crippen LogP contribution in [0.1, 0.15) is 17.2 Å². The molecule has 0 aliphatic carbocycles. The first-order valence-corrected chi connectivity index (χ1v) is 7.52. The molecule has 0 saturated carbocycles. The van der Waals surface area contributed by atoms with Gasteiger partial charge in [-0.25, -0.2) is 9.07 Å². The predicted molar refractivity (Wildman–Crippen MR) is 82.9 cm³/mol. The van der Waals surface area contributed by atoms with Gasteiger partial charge in [0.2, 0.25) is 0 Å². The van der Waals surface area contributed by atoms with Crippen molar-refractivity contribution in [2.45, 2.75) is 18.6 Å². The molecule has 0 amide bonds. The standard InChI is InChI=1S/C16H19FN6/c1-21(2)15-10-22(11-16(15)23-7-6-19-20-23)9-12-4-3-5-14(17)13(12)8-18/h3-7,15-16H,9-11H2,1-2H3/t15-,16+/m1/s1. The second-order valence-corrected chi connectivity index (χ2v) is 6.06. The Bertz CT molecular complexity index is 706. The summed E-state index contributed by atoms with van der Waals surface area (Å²) in [7, 11) is 4.09. The molecule has 23 heavy (non-hydrogen) atoms. The molecule has 6 nitrogen and oxygen atoms in total. The van der Waals surface area contributed by atoms with E-state index in [-0.39, 0.29) is 17.6 Å². The summed E-state index contributed by atoms with van der Waals surface area (Å²) in [6.45, 7) is 2.17. The molecule has 2 atom stereocenters. The van der Waals surface area contributed by atoms with Crippen LogP contribution in [0.2, 0.25) is 0 Å². The maximum atomic E-state index is 13.8. The lowest BCUT2D eigenvalue weighted by atomic mass is 10.1. The molecule has 7 heteroatoms. The monoisotopic (exact) mass is 314 g/mol. The Labute approximate surface area is 134 Å². The number of aromatic nitrogens is 3. The molecule has 0 radical (unpaired) electrons. The number of hydrogen-bond acceptors (Lipinski definition) is 5. The van der Waals surface area contributed by atoms with Gasteiger partial charge >= 0.3 is 0 Å². The maximum absolute atomic E-state index is 13.8. The van der Waals surface area contributed by atoms with Gasteiger partial charge in [-0.05, 0) is 25.7 Å². The normalized spacial score (nSPS) is 21.7. The molecule has 1 fully saturated rings. The fourth-order valence-electron chi connectivity index (χ4n) is 3.20. The van der Waals surface area contributed by atoms with Crippen LogP contribution >= 0.6 is 0 Å². The largest absolute Gasteiger partial charge is 0.303 e. The van der Waals surface area contributed by atoms with Gasteiger partial charge in [-0.2, -0.15) is 5.26 Å². The van der Waals surface area contributed by atoms with Crippen molar-refractivity contribution in [1.29, 1.82) is 5.26 Å². The average molecular weight is 314 g/mol. The third-order valence-corrected chi connectivity index (χ3v) is 4.38. The van der Waals surface area contributed by atoms with Crippen molar-refractivity contribution in [1.82, 2.24) is 24.8 Å². The van der Waals surface area contributed by atoms with E-state index in [0.717, 1.165) is 18.7 Å². The number of hydrogen-bond donors (Lipinski definition) is 0. The van der Waals surface area contributed by atoms with Crippen LogP contribution in [0.4, 0.5) is 4.39 Å². The van der Waals surface area contributed by atoms with Crippen molar-refractivity contribution >= 4 is 0 Å². The minimum atomic E-state index is -0.457. The van der Waals surface area contributed by atoms with E-state index in [4.69, 9.17) is 0 Å². The Hall–Kier alpha value is -2.30. The number of nitriles is 1. The Balaban J connectivity index is 1.81. The maximum Gasteiger partial charge on any atom is 0.141 e. The smallest absolute Gasteiger partial charge is 0.141 e. The van der Waals surface area contributed by atoms with Crippen LogP contribution in [0.15, 0.2) is 30.6 Å². The second-order valence-electron chi connectivity index (χ2n) is 6.06. The van der Waals surface area contributed by atoms with Crippen molar-refractivity contribution in [3.8, 4) is 6.07 Å². The van der Waals surface area contributed by atoms with Gasteiger partial charge in [-0.15, -0.1) is 5.10 Å². The lowest BCUT2D eigenvalue weighted by Gasteiger charge is -2.24. The molecule has 120 valence electrons. The summed E-state index contributed by atoms with van der Waals surface area (Å²) in [6, 6.07) is 7.24. The number of likely N-dealkylation sites (N-methyl/N-ethyl adjacent to an activating group) is 1. The van der Waals surface area contributed by atoms with E-state index < -0.39 is 5.82 Å². The summed E-state index contributed by atoms with van der Waals surface area (Å²) in [6.07, 6.45) is 3.54. The number of rotatable bonds is 4. The third kappa shape index (κ3) is 3.09. The van der Waals surface area contributed by atoms with Crippen LogP contribution in [-0.2, 0) is 6.54 Å². The van der Waals surface area contributed by atoms with Gasteiger partial charge in [-0.1, -0.05) is 17.3 Å². The highest BCUT2D eigenvalue weighted by atomic mass is 19.1. The van der Waals surface area contributed by atoms with Crippen LogP contribution in [-0.4, -0.2) is 58.0 Å². The summed E-state index contributed by atoms with van der Waals surface area (Å²) >= 11 is 0. The molecule has 1 aromatic heterocycles. The molecule has 2 heterocycles. The molecule has 2 aromatic rings. The zero-order valence-electron chi connectivity index (χ0n) is 13.2. The van der Waals surface area contributed by atoms with Crippen molar-refractivity contribution in [3.05, 3.63) is 47.5 Å². The van der Waals surface area contributed by atoms with Crippen molar-refractivity contribution in [3.63, 3.8) is 0 Å². The van der Waals surface area contributed by atoms with Gasteiger partial charge in [0.05, 0.1) is 17.8 Å². The number of halogens is 1. The van der Waals surface area contributed by atoms with Crippen LogP contribution < -0.4 is 0 Å². The van der Waals surface area contributed by atoms with Crippen molar-refractivity contribution < 1.29 is 4.39 Å². The van der Waals surface area contributed by atoms with Gasteiger partial charge < -0.3 is 4.90 Å². The molecule has 1 aliphatic rings. The number of nitrogens with zero attached hydrogens (tertiary/aromatic N) is 6. The Morgan fingerprint density at radius 2 is 2.22 bits per heavy atom. The topological polar surface area (TPSA) is 61.0 Å². The molecule has 1 aliphatic heterocycles. The molecule has 0 unspecified atom stereocenters. The molecule has 0 bridgehead atoms. The SMILES string of the molecule is CN(C)[C@@H]1CN(Cc2cccc(F)c2C#N)C[C@@H]1n1ccnn1. The molecule has 1 aromatic carbocycles. The molecule has 0 N–H and O–H groups in total. The first-order valence-electron chi connectivity index (χ1n) is 7.52. The minimum absolute atomic E-state index is 0.137. The van der Waals surface area contributed by atoms with Gasteiger partial charge in [0, 0.05) is 31.9 Å². The quantitative estimate of drug-likeness (QED) is 0.851. The van der Waals surface area contributed by atoms with Crippen LogP contribution in [0.5, 0.6) is 0 Å². The Kier molecular flexibility index (Phi) is 4.37. The molecule has 1 saturated heterocycles. The van der Waals surface area contributed by atoms with E-state index in [1.54, 1.807) is 12.3 Å². The average Bonchev–Trinajstić information content (AvgIpc) is 3.16. The van der Waals surface area contributed by atoms with Gasteiger partial charge in [-0.3, -0.25) is 4.90 Å². The third-order valence-electron chi connectivity index (χ3n) is 4.38. The first kappa shape index (κ1) is 15.6. The summed E-state index contributed by atoms with van der Waals surface area (Å²) < 4.78 is 15.6. The second kappa shape index (κ2) is 6.44. The molecular weight excluding hydrogens is 295 g/mol. The Morgan fingerprint density at radius 1 is 1.39 bits per heavy atom. The van der Waals surface area contributed by atoms with E-state index in [2.05, 4.69) is 20.1 Å². The van der Waals surface area contributed by atoms with Gasteiger partial charge in [0.15, 0.2) is 0 Å². The lowest BCUT2D eigenvalue weighted by molar-refractivity contribution is 0.237. The molecule has 3 rings (SSSR count). The van der Waals surface area contributed by atoms with Crippen molar-refractivity contribution in [2.75, 3.05) is 27.2 Å². The lowest BCUT2D eigenvalue weighted by Crippen LogP contribution is -2.36. The fraction of sp³-hybridized carbons (Fsp3) is 0.438. The highest BCUT2D eigenvalue weighted by Crippen LogP contribution is 2.26. The zero-order valence-corrected chi connectivity index (χ0v) is 13.2. The van der Waals surface area contributed by atoms with Crippen LogP contribution in [0.25, 0.3) is 0 Å². The zero-order chi connectivity index (χ0) is 16.4. The molecular formula is C16H19FN6. The first-order chi connectivity index (χ1) is 11.1. The van der Waals surface area contributed by atoms with Crippen LogP contribution in [0.3, 0.4) is 0 Å². The highest BCUT2D eigenvalue weighted by Gasteiger charge is 2.36. The highest BCUT2D eigenvalue weighted by molar-refractivity contribution is 5.38. The fourth-order valence-corrected chi connectivity index (χ4v) is 3.20. The van der Waals surface area contributed by atoms with E-state index in [1.807, 2.05) is 37.1 Å². The number of benzene rings is 1. The minimum Gasteiger partial charge on any atom is -0.303 e. The summed E-state index contributed by atoms with van der Waals surface area (Å²) in [4.78, 5) is 4.40. The molecule has 0 spiro atoms. The summed E-state index contributed by atoms with van der Waals surface area (Å²) in [5.74, 6) is -0.457. The van der Waals surface area contributed by atoms with E-state index in [0.29, 0.717) is 6.54 Å². The number of likely N-dealkylation sites (tertiary alicyclic amines) is 1.